The third-order valence-electron chi connectivity index (χ3n) is 1.81. The molecule has 0 amide bonds. The Kier molecular flexibility index (Phi) is 3.84. The van der Waals surface area contributed by atoms with Crippen LogP contribution in [0.4, 0.5) is 0 Å². The van der Waals surface area contributed by atoms with E-state index in [1.165, 1.54) is 0 Å². The molecule has 0 radical (unpaired) electrons. The molecule has 12 heavy (non-hydrogen) atoms. The average molecular weight is 169 g/mol. The Labute approximate surface area is 72.2 Å². The molecule has 0 aliphatic heterocycles. The van der Waals surface area contributed by atoms with E-state index in [4.69, 9.17) is 15.3 Å². The van der Waals surface area contributed by atoms with Crippen molar-refractivity contribution in [2.75, 3.05) is 6.54 Å². The minimum absolute atomic E-state index is 0.345. The predicted octanol–water partition coefficient (Wildman–Crippen LogP) is 0.922. The summed E-state index contributed by atoms with van der Waals surface area (Å²) in [6, 6.07) is 3.81. The second kappa shape index (κ2) is 4.95. The first-order chi connectivity index (χ1) is 5.83. The molecule has 0 fully saturated rings. The third-order valence-corrected chi connectivity index (χ3v) is 1.81. The monoisotopic (exact) mass is 169 g/mol. The lowest BCUT2D eigenvalue weighted by molar-refractivity contribution is 0.169. The third kappa shape index (κ3) is 3.07. The maximum atomic E-state index is 9.13. The number of furan rings is 1. The quantitative estimate of drug-likeness (QED) is 0.689. The van der Waals surface area contributed by atoms with Gasteiger partial charge in [-0.15, -0.1) is 0 Å². The smallest absolute Gasteiger partial charge is 0.103 e. The lowest BCUT2D eigenvalue weighted by atomic mass is 10.1. The molecule has 0 bridgehead atoms. The molecule has 0 aliphatic carbocycles. The fourth-order valence-corrected chi connectivity index (χ4v) is 1.08. The van der Waals surface area contributed by atoms with Crippen molar-refractivity contribution in [3.8, 4) is 0 Å². The summed E-state index contributed by atoms with van der Waals surface area (Å²) >= 11 is 0. The Morgan fingerprint density at radius 1 is 1.58 bits per heavy atom. The fourth-order valence-electron chi connectivity index (χ4n) is 1.08. The van der Waals surface area contributed by atoms with Crippen LogP contribution >= 0.6 is 0 Å². The van der Waals surface area contributed by atoms with Crippen molar-refractivity contribution in [3.05, 3.63) is 24.2 Å². The summed E-state index contributed by atoms with van der Waals surface area (Å²) in [5.74, 6) is 0.972. The molecule has 1 rings (SSSR count). The van der Waals surface area contributed by atoms with E-state index >= 15 is 0 Å². The van der Waals surface area contributed by atoms with Gasteiger partial charge in [0.15, 0.2) is 0 Å². The largest absolute Gasteiger partial charge is 0.469 e. The fraction of sp³-hybridized carbons (Fsp3) is 0.556. The molecule has 1 atom stereocenters. The lowest BCUT2D eigenvalue weighted by Crippen LogP contribution is -2.19. The lowest BCUT2D eigenvalue weighted by Gasteiger charge is -2.05. The summed E-state index contributed by atoms with van der Waals surface area (Å²) in [5, 5.41) is 9.13. The summed E-state index contributed by atoms with van der Waals surface area (Å²) in [5.41, 5.74) is 5.26. The Balaban J connectivity index is 2.11. The molecule has 3 heteroatoms. The van der Waals surface area contributed by atoms with Gasteiger partial charge in [0.05, 0.1) is 12.4 Å². The van der Waals surface area contributed by atoms with Gasteiger partial charge in [0, 0.05) is 13.0 Å². The van der Waals surface area contributed by atoms with E-state index in [2.05, 4.69) is 0 Å². The standard InChI is InChI=1S/C9H15NO2/c10-7-8(11)3-1-4-9-5-2-6-12-9/h2,5-6,8,11H,1,3-4,7,10H2. The van der Waals surface area contributed by atoms with E-state index in [1.807, 2.05) is 12.1 Å². The molecule has 68 valence electrons. The highest BCUT2D eigenvalue weighted by Crippen LogP contribution is 2.06. The highest BCUT2D eigenvalue weighted by Gasteiger charge is 2.01. The number of hydrogen-bond acceptors (Lipinski definition) is 3. The highest BCUT2D eigenvalue weighted by molar-refractivity contribution is 4.97. The van der Waals surface area contributed by atoms with E-state index in [1.54, 1.807) is 6.26 Å². The van der Waals surface area contributed by atoms with Gasteiger partial charge in [-0.1, -0.05) is 0 Å². The number of rotatable bonds is 5. The average Bonchev–Trinajstić information content (AvgIpc) is 2.57. The maximum Gasteiger partial charge on any atom is 0.103 e. The van der Waals surface area contributed by atoms with Crippen LogP contribution in [-0.4, -0.2) is 17.8 Å². The van der Waals surface area contributed by atoms with E-state index in [-0.39, 0.29) is 6.10 Å². The van der Waals surface area contributed by atoms with Crippen LogP contribution in [0.15, 0.2) is 22.8 Å². The minimum Gasteiger partial charge on any atom is -0.469 e. The second-order valence-corrected chi connectivity index (χ2v) is 2.86. The van der Waals surface area contributed by atoms with E-state index < -0.39 is 0 Å². The SMILES string of the molecule is NCC(O)CCCc1ccco1. The molecule has 0 spiro atoms. The topological polar surface area (TPSA) is 59.4 Å². The van der Waals surface area contributed by atoms with Crippen LogP contribution < -0.4 is 5.73 Å². The predicted molar refractivity (Wildman–Crippen MR) is 46.7 cm³/mol. The van der Waals surface area contributed by atoms with Crippen molar-refractivity contribution in [2.45, 2.75) is 25.4 Å². The van der Waals surface area contributed by atoms with Crippen LogP contribution in [0.1, 0.15) is 18.6 Å². The van der Waals surface area contributed by atoms with E-state index in [0.29, 0.717) is 6.54 Å². The Hall–Kier alpha value is -0.800. The van der Waals surface area contributed by atoms with Crippen LogP contribution in [0, 0.1) is 0 Å². The van der Waals surface area contributed by atoms with Crippen molar-refractivity contribution in [1.82, 2.24) is 0 Å². The molecular weight excluding hydrogens is 154 g/mol. The molecular formula is C9H15NO2. The normalized spacial score (nSPS) is 13.2. The van der Waals surface area contributed by atoms with Gasteiger partial charge in [0.2, 0.25) is 0 Å². The maximum absolute atomic E-state index is 9.13. The zero-order chi connectivity index (χ0) is 8.81. The Bertz CT molecular complexity index is 196. The summed E-state index contributed by atoms with van der Waals surface area (Å²) in [4.78, 5) is 0. The van der Waals surface area contributed by atoms with Crippen LogP contribution in [0.2, 0.25) is 0 Å². The van der Waals surface area contributed by atoms with Crippen LogP contribution in [0.3, 0.4) is 0 Å². The van der Waals surface area contributed by atoms with Crippen molar-refractivity contribution >= 4 is 0 Å². The van der Waals surface area contributed by atoms with Gasteiger partial charge in [0.25, 0.3) is 0 Å². The van der Waals surface area contributed by atoms with Crippen molar-refractivity contribution < 1.29 is 9.52 Å². The molecule has 3 nitrogen and oxygen atoms in total. The summed E-state index contributed by atoms with van der Waals surface area (Å²) < 4.78 is 5.14. The van der Waals surface area contributed by atoms with Gasteiger partial charge < -0.3 is 15.3 Å². The summed E-state index contributed by atoms with van der Waals surface area (Å²) in [7, 11) is 0. The summed E-state index contributed by atoms with van der Waals surface area (Å²) in [6.07, 6.45) is 3.85. The first kappa shape index (κ1) is 9.29. The molecule has 1 aromatic rings. The van der Waals surface area contributed by atoms with Gasteiger partial charge in [-0.2, -0.15) is 0 Å². The summed E-state index contributed by atoms with van der Waals surface area (Å²) in [6.45, 7) is 0.345. The molecule has 1 aromatic heterocycles. The number of nitrogens with two attached hydrogens (primary N) is 1. The molecule has 0 aromatic carbocycles. The van der Waals surface area contributed by atoms with Crippen molar-refractivity contribution in [2.24, 2.45) is 5.73 Å². The van der Waals surface area contributed by atoms with Crippen LogP contribution in [0.25, 0.3) is 0 Å². The van der Waals surface area contributed by atoms with Crippen LogP contribution in [-0.2, 0) is 6.42 Å². The van der Waals surface area contributed by atoms with Crippen molar-refractivity contribution in [3.63, 3.8) is 0 Å². The van der Waals surface area contributed by atoms with Gasteiger partial charge in [-0.05, 0) is 25.0 Å². The van der Waals surface area contributed by atoms with Gasteiger partial charge in [-0.3, -0.25) is 0 Å². The Morgan fingerprint density at radius 2 is 2.42 bits per heavy atom. The van der Waals surface area contributed by atoms with Gasteiger partial charge >= 0.3 is 0 Å². The molecule has 0 saturated carbocycles. The van der Waals surface area contributed by atoms with E-state index in [9.17, 15) is 0 Å². The molecule has 0 saturated heterocycles. The molecule has 3 N–H and O–H groups in total. The number of aliphatic hydroxyl groups is 1. The van der Waals surface area contributed by atoms with Gasteiger partial charge in [-0.25, -0.2) is 0 Å². The molecule has 1 unspecified atom stereocenters. The van der Waals surface area contributed by atoms with Gasteiger partial charge in [0.1, 0.15) is 5.76 Å². The van der Waals surface area contributed by atoms with Crippen molar-refractivity contribution in [1.29, 1.82) is 0 Å². The first-order valence-electron chi connectivity index (χ1n) is 4.23. The number of aliphatic hydroxyl groups excluding tert-OH is 1. The highest BCUT2D eigenvalue weighted by atomic mass is 16.3. The minimum atomic E-state index is -0.361. The Morgan fingerprint density at radius 3 is 3.00 bits per heavy atom. The zero-order valence-electron chi connectivity index (χ0n) is 7.07. The first-order valence-corrected chi connectivity index (χ1v) is 4.23. The molecule has 0 aliphatic rings. The van der Waals surface area contributed by atoms with Crippen LogP contribution in [0.5, 0.6) is 0 Å². The number of hydrogen-bond donors (Lipinski definition) is 2. The second-order valence-electron chi connectivity index (χ2n) is 2.86. The van der Waals surface area contributed by atoms with E-state index in [0.717, 1.165) is 25.0 Å². The molecule has 1 heterocycles. The number of aryl methyl sites for hydroxylation is 1. The zero-order valence-corrected chi connectivity index (χ0v) is 7.07.